The van der Waals surface area contributed by atoms with Gasteiger partial charge in [0.05, 0.1) is 17.3 Å². The van der Waals surface area contributed by atoms with Crippen molar-refractivity contribution in [3.8, 4) is 11.3 Å². The molecule has 1 aliphatic heterocycles. The number of anilines is 1. The maximum atomic E-state index is 12.0. The molecule has 0 spiro atoms. The van der Waals surface area contributed by atoms with E-state index in [-0.39, 0.29) is 6.09 Å². The molecule has 146 valence electrons. The molecule has 0 aliphatic carbocycles. The highest BCUT2D eigenvalue weighted by molar-refractivity contribution is 6.31. The zero-order valence-electron chi connectivity index (χ0n) is 15.7. The second-order valence-corrected chi connectivity index (χ2v) is 7.10. The van der Waals surface area contributed by atoms with Crippen molar-refractivity contribution in [3.63, 3.8) is 0 Å². The maximum Gasteiger partial charge on any atom is 0.409 e. The molecule has 0 atom stereocenters. The summed E-state index contributed by atoms with van der Waals surface area (Å²) in [4.78, 5) is 28.3. The van der Waals surface area contributed by atoms with Gasteiger partial charge < -0.3 is 19.5 Å². The molecule has 0 bridgehead atoms. The molecular formula is C20H22ClN5O2. The highest BCUT2D eigenvalue weighted by Crippen LogP contribution is 2.29. The lowest BCUT2D eigenvalue weighted by Crippen LogP contribution is -2.35. The Morgan fingerprint density at radius 1 is 1.29 bits per heavy atom. The second kappa shape index (κ2) is 8.06. The van der Waals surface area contributed by atoms with E-state index in [1.54, 1.807) is 11.1 Å². The molecule has 1 fully saturated rings. The SMILES string of the molecule is CCOC(=O)N1CCCN(c2cccc(-c3c[nH]c4ncc(Cl)cc34)n2)CC1. The fourth-order valence-electron chi connectivity index (χ4n) is 3.48. The lowest BCUT2D eigenvalue weighted by atomic mass is 10.1. The summed E-state index contributed by atoms with van der Waals surface area (Å²) in [7, 11) is 0. The molecule has 0 saturated carbocycles. The Balaban J connectivity index is 1.57. The number of aromatic nitrogens is 3. The molecule has 1 aliphatic rings. The third-order valence-corrected chi connectivity index (χ3v) is 5.06. The third-order valence-electron chi connectivity index (χ3n) is 4.85. The fraction of sp³-hybridized carbons (Fsp3) is 0.350. The van der Waals surface area contributed by atoms with Crippen LogP contribution in [-0.2, 0) is 4.74 Å². The first-order valence-electron chi connectivity index (χ1n) is 9.42. The fourth-order valence-corrected chi connectivity index (χ4v) is 3.64. The number of nitrogens with zero attached hydrogens (tertiary/aromatic N) is 4. The number of fused-ring (bicyclic) bond motifs is 1. The van der Waals surface area contributed by atoms with Crippen LogP contribution in [0.15, 0.2) is 36.7 Å². The number of hydrogen-bond donors (Lipinski definition) is 1. The lowest BCUT2D eigenvalue weighted by molar-refractivity contribution is 0.110. The number of amides is 1. The van der Waals surface area contributed by atoms with Crippen LogP contribution < -0.4 is 4.90 Å². The molecule has 4 rings (SSSR count). The summed E-state index contributed by atoms with van der Waals surface area (Å²) in [6, 6.07) is 7.88. The number of carbonyl (C=O) groups excluding carboxylic acids is 1. The van der Waals surface area contributed by atoms with Gasteiger partial charge in [0.1, 0.15) is 11.5 Å². The zero-order chi connectivity index (χ0) is 19.5. The number of H-pyrrole nitrogens is 1. The summed E-state index contributed by atoms with van der Waals surface area (Å²) >= 11 is 6.12. The monoisotopic (exact) mass is 399 g/mol. The minimum absolute atomic E-state index is 0.241. The molecule has 3 aromatic heterocycles. The summed E-state index contributed by atoms with van der Waals surface area (Å²) in [5.74, 6) is 0.896. The quantitative estimate of drug-likeness (QED) is 0.721. The number of hydrogen-bond acceptors (Lipinski definition) is 5. The van der Waals surface area contributed by atoms with E-state index in [0.717, 1.165) is 47.6 Å². The van der Waals surface area contributed by atoms with Crippen molar-refractivity contribution in [2.45, 2.75) is 13.3 Å². The van der Waals surface area contributed by atoms with E-state index in [2.05, 4.69) is 14.9 Å². The number of rotatable bonds is 3. The molecule has 1 amide bonds. The van der Waals surface area contributed by atoms with E-state index in [0.29, 0.717) is 24.7 Å². The van der Waals surface area contributed by atoms with Crippen LogP contribution in [0, 0.1) is 0 Å². The van der Waals surface area contributed by atoms with E-state index in [9.17, 15) is 4.79 Å². The van der Waals surface area contributed by atoms with Crippen LogP contribution in [0.4, 0.5) is 10.6 Å². The van der Waals surface area contributed by atoms with Crippen LogP contribution >= 0.6 is 11.6 Å². The van der Waals surface area contributed by atoms with Crippen LogP contribution in [0.3, 0.4) is 0 Å². The first-order chi connectivity index (χ1) is 13.7. The standard InChI is InChI=1S/C20H22ClN5O2/c1-2-28-20(27)26-8-4-7-25(9-10-26)18-6-3-5-17(24-18)16-13-23-19-15(16)11-14(21)12-22-19/h3,5-6,11-13H,2,4,7-10H2,1H3,(H,22,23). The van der Waals surface area contributed by atoms with E-state index in [1.165, 1.54) is 0 Å². The van der Waals surface area contributed by atoms with Crippen LogP contribution in [0.2, 0.25) is 5.02 Å². The Morgan fingerprint density at radius 3 is 3.04 bits per heavy atom. The van der Waals surface area contributed by atoms with Gasteiger partial charge >= 0.3 is 6.09 Å². The molecule has 1 saturated heterocycles. The molecule has 8 heteroatoms. The number of carbonyl (C=O) groups is 1. The topological polar surface area (TPSA) is 74.3 Å². The minimum Gasteiger partial charge on any atom is -0.450 e. The van der Waals surface area contributed by atoms with Gasteiger partial charge in [-0.3, -0.25) is 0 Å². The van der Waals surface area contributed by atoms with E-state index >= 15 is 0 Å². The molecule has 4 heterocycles. The van der Waals surface area contributed by atoms with Crippen LogP contribution in [0.1, 0.15) is 13.3 Å². The summed E-state index contributed by atoms with van der Waals surface area (Å²) in [6.07, 6.45) is 4.16. The van der Waals surface area contributed by atoms with Gasteiger partial charge in [0.25, 0.3) is 0 Å². The normalized spacial score (nSPS) is 14.9. The zero-order valence-corrected chi connectivity index (χ0v) is 16.4. The molecular weight excluding hydrogens is 378 g/mol. The van der Waals surface area contributed by atoms with Gasteiger partial charge in [0.2, 0.25) is 0 Å². The van der Waals surface area contributed by atoms with Gasteiger partial charge in [-0.1, -0.05) is 17.7 Å². The van der Waals surface area contributed by atoms with Crippen molar-refractivity contribution in [2.75, 3.05) is 37.7 Å². The average Bonchev–Trinajstić information content (AvgIpc) is 2.95. The molecule has 1 N–H and O–H groups in total. The van der Waals surface area contributed by atoms with E-state index in [1.807, 2.05) is 37.4 Å². The molecule has 0 aromatic carbocycles. The second-order valence-electron chi connectivity index (χ2n) is 6.66. The van der Waals surface area contributed by atoms with Gasteiger partial charge in [-0.2, -0.15) is 0 Å². The Kier molecular flexibility index (Phi) is 5.34. The number of halogens is 1. The Bertz CT molecular complexity index is 990. The summed E-state index contributed by atoms with van der Waals surface area (Å²) in [5.41, 5.74) is 2.61. The van der Waals surface area contributed by atoms with E-state index in [4.69, 9.17) is 21.3 Å². The highest BCUT2D eigenvalue weighted by atomic mass is 35.5. The first kappa shape index (κ1) is 18.6. The van der Waals surface area contributed by atoms with Gasteiger partial charge in [-0.05, 0) is 31.5 Å². The number of aromatic amines is 1. The highest BCUT2D eigenvalue weighted by Gasteiger charge is 2.21. The molecule has 7 nitrogen and oxygen atoms in total. The Hall–Kier alpha value is -2.80. The smallest absolute Gasteiger partial charge is 0.409 e. The summed E-state index contributed by atoms with van der Waals surface area (Å²) in [5, 5.41) is 1.54. The molecule has 3 aromatic rings. The molecule has 0 radical (unpaired) electrons. The average molecular weight is 400 g/mol. The predicted molar refractivity (Wildman–Crippen MR) is 110 cm³/mol. The Morgan fingerprint density at radius 2 is 2.18 bits per heavy atom. The maximum absolute atomic E-state index is 12.0. The van der Waals surface area contributed by atoms with Gasteiger partial charge in [0.15, 0.2) is 0 Å². The van der Waals surface area contributed by atoms with Gasteiger partial charge in [-0.25, -0.2) is 14.8 Å². The van der Waals surface area contributed by atoms with Crippen molar-refractivity contribution >= 4 is 34.5 Å². The van der Waals surface area contributed by atoms with Crippen molar-refractivity contribution in [1.82, 2.24) is 19.9 Å². The van der Waals surface area contributed by atoms with Crippen molar-refractivity contribution < 1.29 is 9.53 Å². The van der Waals surface area contributed by atoms with Crippen LogP contribution in [0.25, 0.3) is 22.3 Å². The van der Waals surface area contributed by atoms with Crippen molar-refractivity contribution in [2.24, 2.45) is 0 Å². The summed E-state index contributed by atoms with van der Waals surface area (Å²) < 4.78 is 5.13. The third kappa shape index (κ3) is 3.75. The molecule has 0 unspecified atom stereocenters. The van der Waals surface area contributed by atoms with E-state index < -0.39 is 0 Å². The minimum atomic E-state index is -0.241. The van der Waals surface area contributed by atoms with Gasteiger partial charge in [0, 0.05) is 49.5 Å². The largest absolute Gasteiger partial charge is 0.450 e. The van der Waals surface area contributed by atoms with Crippen molar-refractivity contribution in [3.05, 3.63) is 41.7 Å². The molecule has 28 heavy (non-hydrogen) atoms. The number of pyridine rings is 2. The summed E-state index contributed by atoms with van der Waals surface area (Å²) in [6.45, 7) is 5.10. The number of ether oxygens (including phenoxy) is 1. The van der Waals surface area contributed by atoms with Crippen LogP contribution in [-0.4, -0.2) is 58.7 Å². The van der Waals surface area contributed by atoms with Crippen molar-refractivity contribution in [1.29, 1.82) is 0 Å². The number of nitrogens with one attached hydrogen (secondary N) is 1. The van der Waals surface area contributed by atoms with Gasteiger partial charge in [-0.15, -0.1) is 0 Å². The Labute approximate surface area is 168 Å². The predicted octanol–water partition coefficient (Wildman–Crippen LogP) is 3.95. The lowest BCUT2D eigenvalue weighted by Gasteiger charge is -2.22. The first-order valence-corrected chi connectivity index (χ1v) is 9.80. The van der Waals surface area contributed by atoms with Crippen LogP contribution in [0.5, 0.6) is 0 Å².